The number of carbonyl (C=O) groups excluding carboxylic acids is 1. The van der Waals surface area contributed by atoms with Gasteiger partial charge in [0.2, 0.25) is 11.7 Å². The van der Waals surface area contributed by atoms with Gasteiger partial charge in [0.05, 0.1) is 23.0 Å². The predicted molar refractivity (Wildman–Crippen MR) is 108 cm³/mol. The lowest BCUT2D eigenvalue weighted by molar-refractivity contribution is 0.0726. The van der Waals surface area contributed by atoms with E-state index in [0.29, 0.717) is 39.6 Å². The fourth-order valence-electron chi connectivity index (χ4n) is 3.93. The number of hydrogen-bond donors (Lipinski definition) is 0. The normalized spacial score (nSPS) is 14.4. The summed E-state index contributed by atoms with van der Waals surface area (Å²) in [6, 6.07) is 10.2. The van der Waals surface area contributed by atoms with Crippen molar-refractivity contribution in [2.45, 2.75) is 26.2 Å². The number of halogens is 1. The summed E-state index contributed by atoms with van der Waals surface area (Å²) < 4.78 is 21.6. The van der Waals surface area contributed by atoms with Crippen molar-refractivity contribution in [3.8, 4) is 22.6 Å². The van der Waals surface area contributed by atoms with Crippen molar-refractivity contribution in [3.63, 3.8) is 0 Å². The average molecular weight is 405 g/mol. The molecule has 0 aliphatic carbocycles. The number of rotatable bonds is 3. The van der Waals surface area contributed by atoms with Gasteiger partial charge in [-0.1, -0.05) is 17.3 Å². The van der Waals surface area contributed by atoms with Crippen molar-refractivity contribution in [1.82, 2.24) is 24.7 Å². The molecule has 152 valence electrons. The molecule has 1 aliphatic rings. The van der Waals surface area contributed by atoms with Gasteiger partial charge in [-0.25, -0.2) is 8.91 Å². The first-order valence-corrected chi connectivity index (χ1v) is 9.98. The first-order valence-electron chi connectivity index (χ1n) is 9.98. The zero-order valence-corrected chi connectivity index (χ0v) is 16.5. The number of aryl methyl sites for hydroxylation is 1. The Morgan fingerprint density at radius 3 is 2.70 bits per heavy atom. The van der Waals surface area contributed by atoms with E-state index in [1.807, 2.05) is 17.0 Å². The molecule has 0 unspecified atom stereocenters. The Balaban J connectivity index is 1.54. The van der Waals surface area contributed by atoms with Crippen molar-refractivity contribution >= 4 is 11.4 Å². The average Bonchev–Trinajstić information content (AvgIpc) is 3.40. The van der Waals surface area contributed by atoms with Crippen LogP contribution >= 0.6 is 0 Å². The number of benzene rings is 1. The molecule has 1 saturated heterocycles. The van der Waals surface area contributed by atoms with Gasteiger partial charge < -0.3 is 9.42 Å². The van der Waals surface area contributed by atoms with Gasteiger partial charge in [-0.2, -0.15) is 10.1 Å². The first-order chi connectivity index (χ1) is 14.6. The fraction of sp³-hybridized carbons (Fsp3) is 0.273. The number of amides is 1. The standard InChI is InChI=1S/C22H20FN5O2/c1-14-25-21(26-30-14)15-8-9-16(18(23)12-15)19-6-5-7-20-17(13-24-28(19)20)22(29)27-10-3-2-4-11-27/h5-9,12-13H,2-4,10-11H2,1H3. The highest BCUT2D eigenvalue weighted by molar-refractivity contribution is 6.01. The number of piperidine rings is 1. The Labute approximate surface area is 172 Å². The van der Waals surface area contributed by atoms with E-state index >= 15 is 4.39 Å². The molecular weight excluding hydrogens is 385 g/mol. The van der Waals surface area contributed by atoms with Crippen molar-refractivity contribution in [2.24, 2.45) is 0 Å². The minimum Gasteiger partial charge on any atom is -0.339 e. The smallest absolute Gasteiger partial charge is 0.257 e. The van der Waals surface area contributed by atoms with Gasteiger partial charge in [0, 0.05) is 31.1 Å². The Kier molecular flexibility index (Phi) is 4.54. The van der Waals surface area contributed by atoms with Gasteiger partial charge in [0.1, 0.15) is 5.82 Å². The molecule has 5 rings (SSSR count). The Morgan fingerprint density at radius 1 is 1.13 bits per heavy atom. The molecular formula is C22H20FN5O2. The lowest BCUT2D eigenvalue weighted by atomic mass is 10.1. The van der Waals surface area contributed by atoms with Crippen LogP contribution < -0.4 is 0 Å². The highest BCUT2D eigenvalue weighted by atomic mass is 19.1. The molecule has 3 aromatic heterocycles. The second kappa shape index (κ2) is 7.37. The molecule has 1 fully saturated rings. The molecule has 0 atom stereocenters. The minimum atomic E-state index is -0.429. The van der Waals surface area contributed by atoms with Gasteiger partial charge >= 0.3 is 0 Å². The lowest BCUT2D eigenvalue weighted by Crippen LogP contribution is -2.35. The van der Waals surface area contributed by atoms with Crippen LogP contribution in [0.15, 0.2) is 47.1 Å². The highest BCUT2D eigenvalue weighted by Crippen LogP contribution is 2.28. The number of nitrogens with zero attached hydrogens (tertiary/aromatic N) is 5. The van der Waals surface area contributed by atoms with Crippen LogP contribution in [-0.2, 0) is 0 Å². The zero-order chi connectivity index (χ0) is 20.7. The number of pyridine rings is 1. The van der Waals surface area contributed by atoms with Crippen LogP contribution in [-0.4, -0.2) is 43.7 Å². The van der Waals surface area contributed by atoms with Crippen LogP contribution in [0.3, 0.4) is 0 Å². The molecule has 0 bridgehead atoms. The van der Waals surface area contributed by atoms with E-state index < -0.39 is 5.82 Å². The van der Waals surface area contributed by atoms with E-state index in [9.17, 15) is 4.79 Å². The topological polar surface area (TPSA) is 76.5 Å². The molecule has 1 amide bonds. The maximum atomic E-state index is 15.0. The first kappa shape index (κ1) is 18.5. The van der Waals surface area contributed by atoms with Crippen LogP contribution in [0.4, 0.5) is 4.39 Å². The van der Waals surface area contributed by atoms with Crippen LogP contribution in [0, 0.1) is 12.7 Å². The molecule has 4 heterocycles. The summed E-state index contributed by atoms with van der Waals surface area (Å²) in [5.41, 5.74) is 2.68. The summed E-state index contributed by atoms with van der Waals surface area (Å²) >= 11 is 0. The second-order valence-corrected chi connectivity index (χ2v) is 7.45. The van der Waals surface area contributed by atoms with Gasteiger partial charge in [-0.3, -0.25) is 4.79 Å². The van der Waals surface area contributed by atoms with E-state index in [1.165, 1.54) is 6.07 Å². The van der Waals surface area contributed by atoms with Gasteiger partial charge in [0.15, 0.2) is 0 Å². The van der Waals surface area contributed by atoms with Crippen LogP contribution in [0.25, 0.3) is 28.2 Å². The van der Waals surface area contributed by atoms with E-state index in [1.54, 1.807) is 35.8 Å². The van der Waals surface area contributed by atoms with Gasteiger partial charge in [-0.15, -0.1) is 0 Å². The summed E-state index contributed by atoms with van der Waals surface area (Å²) in [5.74, 6) is 0.304. The van der Waals surface area contributed by atoms with Crippen LogP contribution in [0.5, 0.6) is 0 Å². The second-order valence-electron chi connectivity index (χ2n) is 7.45. The van der Waals surface area contributed by atoms with Crippen molar-refractivity contribution < 1.29 is 13.7 Å². The Hall–Kier alpha value is -3.55. The molecule has 4 aromatic rings. The van der Waals surface area contributed by atoms with E-state index in [0.717, 1.165) is 32.4 Å². The number of fused-ring (bicyclic) bond motifs is 1. The van der Waals surface area contributed by atoms with Crippen molar-refractivity contribution in [3.05, 3.63) is 59.9 Å². The van der Waals surface area contributed by atoms with Crippen molar-refractivity contribution in [2.75, 3.05) is 13.1 Å². The molecule has 1 aromatic carbocycles. The molecule has 8 heteroatoms. The van der Waals surface area contributed by atoms with Crippen molar-refractivity contribution in [1.29, 1.82) is 0 Å². The van der Waals surface area contributed by atoms with Crippen LogP contribution in [0.1, 0.15) is 35.5 Å². The molecule has 0 saturated carbocycles. The zero-order valence-electron chi connectivity index (χ0n) is 16.5. The molecule has 30 heavy (non-hydrogen) atoms. The number of carbonyl (C=O) groups is 1. The van der Waals surface area contributed by atoms with E-state index in [-0.39, 0.29) is 5.91 Å². The SMILES string of the molecule is Cc1nc(-c2ccc(-c3cccc4c(C(=O)N5CCCCC5)cnn34)c(F)c2)no1. The summed E-state index contributed by atoms with van der Waals surface area (Å²) in [6.07, 6.45) is 4.77. The van der Waals surface area contributed by atoms with Gasteiger partial charge in [0.25, 0.3) is 5.91 Å². The Morgan fingerprint density at radius 2 is 1.97 bits per heavy atom. The third-order valence-electron chi connectivity index (χ3n) is 5.45. The van der Waals surface area contributed by atoms with E-state index in [2.05, 4.69) is 15.2 Å². The molecule has 0 N–H and O–H groups in total. The fourth-order valence-corrected chi connectivity index (χ4v) is 3.93. The molecule has 7 nitrogen and oxygen atoms in total. The van der Waals surface area contributed by atoms with Gasteiger partial charge in [-0.05, 0) is 43.5 Å². The predicted octanol–water partition coefficient (Wildman–Crippen LogP) is 4.12. The monoisotopic (exact) mass is 405 g/mol. The Bertz CT molecular complexity index is 1240. The quantitative estimate of drug-likeness (QED) is 0.512. The molecule has 1 aliphatic heterocycles. The van der Waals surface area contributed by atoms with Crippen LogP contribution in [0.2, 0.25) is 0 Å². The summed E-state index contributed by atoms with van der Waals surface area (Å²) in [6.45, 7) is 3.21. The molecule has 0 spiro atoms. The molecule has 0 radical (unpaired) electrons. The third-order valence-corrected chi connectivity index (χ3v) is 5.45. The summed E-state index contributed by atoms with van der Waals surface area (Å²) in [4.78, 5) is 19.0. The lowest BCUT2D eigenvalue weighted by Gasteiger charge is -2.26. The third kappa shape index (κ3) is 3.14. The minimum absolute atomic E-state index is 0.0230. The highest BCUT2D eigenvalue weighted by Gasteiger charge is 2.22. The summed E-state index contributed by atoms with van der Waals surface area (Å²) in [5, 5.41) is 8.23. The number of aromatic nitrogens is 4. The number of likely N-dealkylation sites (tertiary alicyclic amines) is 1. The number of hydrogen-bond acceptors (Lipinski definition) is 5. The van der Waals surface area contributed by atoms with E-state index in [4.69, 9.17) is 4.52 Å². The largest absolute Gasteiger partial charge is 0.339 e. The summed E-state index contributed by atoms with van der Waals surface area (Å²) in [7, 11) is 0. The maximum Gasteiger partial charge on any atom is 0.257 e. The maximum absolute atomic E-state index is 15.0.